The van der Waals surface area contributed by atoms with Crippen LogP contribution in [0.2, 0.25) is 0 Å². The molecule has 3 amide bonds. The Labute approximate surface area is 191 Å². The van der Waals surface area contributed by atoms with Crippen LogP contribution in [-0.2, 0) is 17.4 Å². The van der Waals surface area contributed by atoms with Crippen molar-refractivity contribution in [3.8, 4) is 11.5 Å². The van der Waals surface area contributed by atoms with Crippen LogP contribution in [0.25, 0.3) is 0 Å². The first-order valence-corrected chi connectivity index (χ1v) is 10.1. The molecule has 9 nitrogen and oxygen atoms in total. The topological polar surface area (TPSA) is 128 Å². The molecule has 12 heteroatoms. The van der Waals surface area contributed by atoms with Gasteiger partial charge in [0.05, 0.1) is 23.1 Å². The van der Waals surface area contributed by atoms with Crippen molar-refractivity contribution in [2.45, 2.75) is 19.5 Å². The predicted molar refractivity (Wildman–Crippen MR) is 118 cm³/mol. The van der Waals surface area contributed by atoms with Gasteiger partial charge in [-0.25, -0.2) is 14.7 Å². The first-order chi connectivity index (χ1) is 16.1. The maximum absolute atomic E-state index is 13.0. The molecule has 3 aromatic rings. The summed E-state index contributed by atoms with van der Waals surface area (Å²) in [6.45, 7) is 1.43. The van der Waals surface area contributed by atoms with E-state index in [1.54, 1.807) is 18.2 Å². The summed E-state index contributed by atoms with van der Waals surface area (Å²) in [7, 11) is 0. The molecule has 1 aromatic carbocycles. The summed E-state index contributed by atoms with van der Waals surface area (Å²) < 4.78 is 45.0. The van der Waals surface area contributed by atoms with Crippen LogP contribution in [0, 0.1) is 0 Å². The van der Waals surface area contributed by atoms with E-state index in [1.807, 2.05) is 6.92 Å². The van der Waals surface area contributed by atoms with Crippen molar-refractivity contribution in [3.05, 3.63) is 60.0 Å². The number of alkyl halides is 3. The van der Waals surface area contributed by atoms with E-state index in [2.05, 4.69) is 9.97 Å². The molecule has 1 aliphatic rings. The average Bonchev–Trinajstić information content (AvgIpc) is 3.10. The van der Waals surface area contributed by atoms with Crippen LogP contribution in [-0.4, -0.2) is 28.5 Å². The minimum atomic E-state index is -4.63. The number of benzene rings is 1. The second-order valence-electron chi connectivity index (χ2n) is 7.38. The van der Waals surface area contributed by atoms with E-state index in [0.29, 0.717) is 29.7 Å². The third-order valence-electron chi connectivity index (χ3n) is 5.21. The number of aromatic nitrogens is 2. The highest BCUT2D eigenvalue weighted by Crippen LogP contribution is 2.36. The van der Waals surface area contributed by atoms with Crippen LogP contribution in [0.4, 0.5) is 40.8 Å². The predicted octanol–water partition coefficient (Wildman–Crippen LogP) is 3.99. The van der Waals surface area contributed by atoms with Gasteiger partial charge in [-0.1, -0.05) is 6.92 Å². The van der Waals surface area contributed by atoms with Gasteiger partial charge in [-0.2, -0.15) is 13.2 Å². The second-order valence-corrected chi connectivity index (χ2v) is 7.38. The normalized spacial score (nSPS) is 14.1. The number of nitrogens with zero attached hydrogens (tertiary/aromatic N) is 4. The maximum Gasteiger partial charge on any atom is 0.417 e. The molecule has 0 aliphatic carbocycles. The zero-order valence-electron chi connectivity index (χ0n) is 17.8. The number of carbonyl (C=O) groups excluding carboxylic acids is 2. The average molecular weight is 472 g/mol. The molecule has 0 saturated carbocycles. The van der Waals surface area contributed by atoms with Gasteiger partial charge in [0.2, 0.25) is 0 Å². The third kappa shape index (κ3) is 4.17. The van der Waals surface area contributed by atoms with Crippen LogP contribution in [0.5, 0.6) is 11.5 Å². The summed E-state index contributed by atoms with van der Waals surface area (Å²) >= 11 is 0. The lowest BCUT2D eigenvalue weighted by atomic mass is 10.1. The van der Waals surface area contributed by atoms with E-state index in [4.69, 9.17) is 16.2 Å². The van der Waals surface area contributed by atoms with Gasteiger partial charge in [0.1, 0.15) is 23.8 Å². The van der Waals surface area contributed by atoms with Gasteiger partial charge >= 0.3 is 12.2 Å². The van der Waals surface area contributed by atoms with Gasteiger partial charge in [-0.15, -0.1) is 0 Å². The van der Waals surface area contributed by atoms with Crippen molar-refractivity contribution in [1.82, 2.24) is 9.97 Å². The van der Waals surface area contributed by atoms with Crippen LogP contribution in [0.15, 0.2) is 48.9 Å². The van der Waals surface area contributed by atoms with Gasteiger partial charge in [-0.3, -0.25) is 14.7 Å². The number of hydrogen-bond donors (Lipinski definition) is 2. The quantitative estimate of drug-likeness (QED) is 0.538. The number of hydrogen-bond acceptors (Lipinski definition) is 7. The fraction of sp³-hybridized carbons (Fsp3) is 0.182. The van der Waals surface area contributed by atoms with E-state index in [9.17, 15) is 22.8 Å². The van der Waals surface area contributed by atoms with Gasteiger partial charge < -0.3 is 16.2 Å². The molecule has 176 valence electrons. The molecule has 34 heavy (non-hydrogen) atoms. The Morgan fingerprint density at radius 1 is 1.06 bits per heavy atom. The standard InChI is InChI=1S/C22H19F3N6O3/c1-2-12-7-14(3-4-16(12)34-17-5-6-29-20(27)19(17)26)31-18(32)11-30(21(31)33)15-8-13(9-28-10-15)22(23,24)25/h3-10H,2,11,26H2,1H3,(H2,27,29). The highest BCUT2D eigenvalue weighted by molar-refractivity contribution is 6.27. The lowest BCUT2D eigenvalue weighted by Gasteiger charge is -2.19. The van der Waals surface area contributed by atoms with Gasteiger partial charge in [-0.05, 0) is 36.2 Å². The lowest BCUT2D eigenvalue weighted by Crippen LogP contribution is -2.33. The van der Waals surface area contributed by atoms with E-state index in [1.165, 1.54) is 12.3 Å². The number of anilines is 4. The summed E-state index contributed by atoms with van der Waals surface area (Å²) in [4.78, 5) is 34.9. The van der Waals surface area contributed by atoms with E-state index in [-0.39, 0.29) is 22.9 Å². The molecule has 0 bridgehead atoms. The minimum absolute atomic E-state index is 0.115. The van der Waals surface area contributed by atoms with E-state index in [0.717, 1.165) is 22.1 Å². The summed E-state index contributed by atoms with van der Waals surface area (Å²) in [5.41, 5.74) is 11.5. The summed E-state index contributed by atoms with van der Waals surface area (Å²) in [6.07, 6.45) is -0.951. The van der Waals surface area contributed by atoms with Crippen LogP contribution in [0.3, 0.4) is 0 Å². The monoisotopic (exact) mass is 472 g/mol. The second kappa shape index (κ2) is 8.54. The first-order valence-electron chi connectivity index (χ1n) is 10.1. The Balaban J connectivity index is 1.63. The van der Waals surface area contributed by atoms with Crippen molar-refractivity contribution in [2.24, 2.45) is 0 Å². The summed E-state index contributed by atoms with van der Waals surface area (Å²) in [5.74, 6) is 0.252. The zero-order chi connectivity index (χ0) is 24.6. The number of rotatable bonds is 5. The number of ether oxygens (including phenoxy) is 1. The Hall–Kier alpha value is -4.35. The molecule has 0 atom stereocenters. The first kappa shape index (κ1) is 22.8. The van der Waals surface area contributed by atoms with Crippen molar-refractivity contribution >= 4 is 34.8 Å². The molecule has 4 rings (SSSR count). The van der Waals surface area contributed by atoms with Crippen LogP contribution >= 0.6 is 0 Å². The number of urea groups is 1. The Morgan fingerprint density at radius 3 is 2.53 bits per heavy atom. The largest absolute Gasteiger partial charge is 0.455 e. The molecule has 4 N–H and O–H groups in total. The molecule has 1 aliphatic heterocycles. The zero-order valence-corrected chi connectivity index (χ0v) is 17.8. The van der Waals surface area contributed by atoms with Crippen molar-refractivity contribution < 1.29 is 27.5 Å². The van der Waals surface area contributed by atoms with Crippen molar-refractivity contribution in [2.75, 3.05) is 27.8 Å². The van der Waals surface area contributed by atoms with Gasteiger partial charge in [0.25, 0.3) is 5.91 Å². The number of amides is 3. The fourth-order valence-corrected chi connectivity index (χ4v) is 3.45. The van der Waals surface area contributed by atoms with E-state index >= 15 is 0 Å². The van der Waals surface area contributed by atoms with Crippen LogP contribution in [0.1, 0.15) is 18.1 Å². The number of pyridine rings is 2. The molecule has 3 heterocycles. The molecule has 0 radical (unpaired) electrons. The third-order valence-corrected chi connectivity index (χ3v) is 5.21. The SMILES string of the molecule is CCc1cc(N2C(=O)CN(c3cncc(C(F)(F)F)c3)C2=O)ccc1Oc1ccnc(N)c1N. The smallest absolute Gasteiger partial charge is 0.417 e. The lowest BCUT2D eigenvalue weighted by molar-refractivity contribution is -0.137. The highest BCUT2D eigenvalue weighted by Gasteiger charge is 2.39. The number of halogens is 3. The molecule has 0 spiro atoms. The van der Waals surface area contributed by atoms with Crippen molar-refractivity contribution in [1.29, 1.82) is 0 Å². The molecule has 1 fully saturated rings. The molecule has 2 aromatic heterocycles. The fourth-order valence-electron chi connectivity index (χ4n) is 3.45. The van der Waals surface area contributed by atoms with Gasteiger partial charge in [0.15, 0.2) is 5.75 Å². The van der Waals surface area contributed by atoms with Gasteiger partial charge in [0, 0.05) is 18.5 Å². The van der Waals surface area contributed by atoms with E-state index < -0.39 is 30.2 Å². The summed E-state index contributed by atoms with van der Waals surface area (Å²) in [5, 5.41) is 0. The molecule has 1 saturated heterocycles. The maximum atomic E-state index is 13.0. The Kier molecular flexibility index (Phi) is 5.73. The number of carbonyl (C=O) groups is 2. The number of nitrogens with two attached hydrogens (primary N) is 2. The van der Waals surface area contributed by atoms with Crippen molar-refractivity contribution in [3.63, 3.8) is 0 Å². The number of imide groups is 1. The minimum Gasteiger partial charge on any atom is -0.455 e. The number of nitrogen functional groups attached to an aromatic ring is 2. The number of aryl methyl sites for hydroxylation is 1. The van der Waals surface area contributed by atoms with Crippen LogP contribution < -0.4 is 26.0 Å². The molecular formula is C22H19F3N6O3. The summed E-state index contributed by atoms with van der Waals surface area (Å²) in [6, 6.07) is 6.21. The molecular weight excluding hydrogens is 453 g/mol. The highest BCUT2D eigenvalue weighted by atomic mass is 19.4. The molecule has 0 unspecified atom stereocenters. The Morgan fingerprint density at radius 2 is 1.82 bits per heavy atom. The Bertz CT molecular complexity index is 1280.